The van der Waals surface area contributed by atoms with Gasteiger partial charge in [-0.3, -0.25) is 14.5 Å². The smallest absolute Gasteiger partial charge is 0.249 e. The number of hydrogen-bond acceptors (Lipinski definition) is 4. The summed E-state index contributed by atoms with van der Waals surface area (Å²) in [6, 6.07) is 0. The third kappa shape index (κ3) is 7.31. The zero-order valence-corrected chi connectivity index (χ0v) is 16.3. The highest BCUT2D eigenvalue weighted by Crippen LogP contribution is 2.28. The van der Waals surface area contributed by atoms with Crippen LogP contribution in [0.4, 0.5) is 0 Å². The van der Waals surface area contributed by atoms with Crippen molar-refractivity contribution >= 4 is 11.8 Å². The summed E-state index contributed by atoms with van der Waals surface area (Å²) in [6.45, 7) is 12.8. The van der Waals surface area contributed by atoms with E-state index in [0.717, 1.165) is 0 Å². The average Bonchev–Trinajstić information content (AvgIpc) is 2.42. The molecule has 6 heteroatoms. The molecule has 0 radical (unpaired) electrons. The Balaban J connectivity index is 4.45. The van der Waals surface area contributed by atoms with Crippen molar-refractivity contribution in [3.63, 3.8) is 0 Å². The molecule has 0 unspecified atom stereocenters. The lowest BCUT2D eigenvalue weighted by molar-refractivity contribution is -0.144. The molecule has 0 bridgehead atoms. The fraction of sp³-hybridized carbons (Fsp3) is 0.882. The maximum absolute atomic E-state index is 12.5. The van der Waals surface area contributed by atoms with Gasteiger partial charge in [0.25, 0.3) is 0 Å². The molecular weight excluding hydrogens is 294 g/mol. The van der Waals surface area contributed by atoms with Crippen molar-refractivity contribution in [3.05, 3.63) is 0 Å². The number of carbonyl (C=O) groups is 2. The molecule has 0 rings (SSSR count). The quantitative estimate of drug-likeness (QED) is 0.606. The number of rotatable bonds is 9. The summed E-state index contributed by atoms with van der Waals surface area (Å²) in [5.74, 6) is 0.304. The van der Waals surface area contributed by atoms with Gasteiger partial charge in [-0.1, -0.05) is 27.7 Å². The molecule has 6 nitrogen and oxygen atoms in total. The van der Waals surface area contributed by atoms with E-state index in [-0.39, 0.29) is 30.4 Å². The molecule has 0 aliphatic rings. The second-order valence-corrected chi connectivity index (χ2v) is 7.47. The van der Waals surface area contributed by atoms with Gasteiger partial charge >= 0.3 is 0 Å². The fourth-order valence-electron chi connectivity index (χ4n) is 2.00. The van der Waals surface area contributed by atoms with Gasteiger partial charge in [0.2, 0.25) is 11.8 Å². The van der Waals surface area contributed by atoms with Gasteiger partial charge < -0.3 is 14.5 Å². The normalized spacial score (nSPS) is 12.2. The van der Waals surface area contributed by atoms with Gasteiger partial charge in [-0.2, -0.15) is 0 Å². The number of carbonyl (C=O) groups excluding carboxylic acids is 2. The lowest BCUT2D eigenvalue weighted by Gasteiger charge is -2.35. The Morgan fingerprint density at radius 3 is 1.87 bits per heavy atom. The Morgan fingerprint density at radius 2 is 1.43 bits per heavy atom. The molecule has 0 aliphatic carbocycles. The topological polar surface area (TPSA) is 53.1 Å². The van der Waals surface area contributed by atoms with E-state index < -0.39 is 5.41 Å². The molecule has 0 saturated carbocycles. The first kappa shape index (κ1) is 21.9. The maximum atomic E-state index is 12.5. The van der Waals surface area contributed by atoms with Crippen LogP contribution in [0.5, 0.6) is 0 Å². The van der Waals surface area contributed by atoms with Crippen molar-refractivity contribution in [1.29, 1.82) is 0 Å². The van der Waals surface area contributed by atoms with Crippen LogP contribution in [0.3, 0.4) is 0 Å². The van der Waals surface area contributed by atoms with Crippen molar-refractivity contribution in [3.8, 4) is 0 Å². The molecule has 0 heterocycles. The largest absolute Gasteiger partial charge is 0.369 e. The van der Waals surface area contributed by atoms with E-state index in [0.29, 0.717) is 13.3 Å². The monoisotopic (exact) mass is 329 g/mol. The van der Waals surface area contributed by atoms with E-state index in [1.165, 1.54) is 0 Å². The second-order valence-electron chi connectivity index (χ2n) is 7.47. The van der Waals surface area contributed by atoms with Crippen LogP contribution in [0.25, 0.3) is 0 Å². The van der Waals surface area contributed by atoms with E-state index >= 15 is 0 Å². The van der Waals surface area contributed by atoms with Gasteiger partial charge in [0.05, 0.1) is 19.4 Å². The predicted octanol–water partition coefficient (Wildman–Crippen LogP) is 1.86. The number of hydrogen-bond donors (Lipinski definition) is 0. The highest BCUT2D eigenvalue weighted by molar-refractivity contribution is 5.82. The van der Waals surface area contributed by atoms with Crippen LogP contribution in [0, 0.1) is 11.3 Å². The zero-order chi connectivity index (χ0) is 18.4. The van der Waals surface area contributed by atoms with Gasteiger partial charge in [-0.25, -0.2) is 0 Å². The molecule has 0 N–H and O–H groups in total. The van der Waals surface area contributed by atoms with Gasteiger partial charge in [-0.05, 0) is 26.8 Å². The number of ether oxygens (including phenoxy) is 1. The van der Waals surface area contributed by atoms with Crippen LogP contribution < -0.4 is 0 Å². The minimum atomic E-state index is -0.400. The summed E-state index contributed by atoms with van der Waals surface area (Å²) in [5, 5.41) is 0. The van der Waals surface area contributed by atoms with Crippen molar-refractivity contribution in [2.24, 2.45) is 11.3 Å². The maximum Gasteiger partial charge on any atom is 0.249 e. The molecule has 136 valence electrons. The van der Waals surface area contributed by atoms with Crippen LogP contribution in [0.2, 0.25) is 0 Å². The Hall–Kier alpha value is -1.14. The molecule has 0 aromatic heterocycles. The molecule has 0 aromatic rings. The first-order valence-corrected chi connectivity index (χ1v) is 8.19. The first-order valence-electron chi connectivity index (χ1n) is 8.19. The number of amides is 2. The van der Waals surface area contributed by atoms with Crippen molar-refractivity contribution < 1.29 is 14.3 Å². The third-order valence-corrected chi connectivity index (χ3v) is 4.21. The lowest BCUT2D eigenvalue weighted by Crippen LogP contribution is -2.48. The van der Waals surface area contributed by atoms with Crippen molar-refractivity contribution in [1.82, 2.24) is 14.7 Å². The predicted molar refractivity (Wildman–Crippen MR) is 92.7 cm³/mol. The molecule has 0 spiro atoms. The van der Waals surface area contributed by atoms with Gasteiger partial charge in [-0.15, -0.1) is 0 Å². The number of likely N-dealkylation sites (N-methyl/N-ethyl adjacent to an activating group) is 1. The molecule has 2 amide bonds. The summed E-state index contributed by atoms with van der Waals surface area (Å²) in [5.41, 5.74) is -0.400. The molecule has 0 saturated heterocycles. The Bertz CT molecular complexity index is 395. The zero-order valence-electron chi connectivity index (χ0n) is 16.3. The van der Waals surface area contributed by atoms with E-state index in [1.54, 1.807) is 23.9 Å². The minimum Gasteiger partial charge on any atom is -0.369 e. The SMILES string of the molecule is CC(C)OCC(=O)N(C)CN(C)CN(C)C(=O)C(C)(C)C(C)C. The average molecular weight is 329 g/mol. The van der Waals surface area contributed by atoms with E-state index in [4.69, 9.17) is 4.74 Å². The fourth-order valence-corrected chi connectivity index (χ4v) is 2.00. The summed E-state index contributed by atoms with van der Waals surface area (Å²) in [6.07, 6.45) is 0.0344. The van der Waals surface area contributed by atoms with E-state index in [9.17, 15) is 9.59 Å². The molecule has 0 atom stereocenters. The third-order valence-electron chi connectivity index (χ3n) is 4.21. The highest BCUT2D eigenvalue weighted by Gasteiger charge is 2.33. The van der Waals surface area contributed by atoms with Crippen LogP contribution in [-0.2, 0) is 14.3 Å². The Labute approximate surface area is 141 Å². The molecule has 0 aromatic carbocycles. The van der Waals surface area contributed by atoms with Crippen LogP contribution in [-0.4, -0.2) is 73.7 Å². The minimum absolute atomic E-state index is 0.0344. The summed E-state index contributed by atoms with van der Waals surface area (Å²) in [4.78, 5) is 29.7. The van der Waals surface area contributed by atoms with Gasteiger partial charge in [0.15, 0.2) is 0 Å². The first-order chi connectivity index (χ1) is 10.4. The standard InChI is InChI=1S/C17H35N3O3/c1-13(2)17(5,6)16(22)20(9)12-18(7)11-19(8)15(21)10-23-14(3)4/h13-14H,10-12H2,1-9H3. The highest BCUT2D eigenvalue weighted by atomic mass is 16.5. The van der Waals surface area contributed by atoms with E-state index in [1.807, 2.05) is 39.6 Å². The van der Waals surface area contributed by atoms with Crippen LogP contribution in [0.1, 0.15) is 41.5 Å². The summed E-state index contributed by atoms with van der Waals surface area (Å²) >= 11 is 0. The van der Waals surface area contributed by atoms with Crippen LogP contribution >= 0.6 is 0 Å². The molecule has 0 fully saturated rings. The van der Waals surface area contributed by atoms with E-state index in [2.05, 4.69) is 13.8 Å². The lowest BCUT2D eigenvalue weighted by atomic mass is 9.80. The molecular formula is C17H35N3O3. The summed E-state index contributed by atoms with van der Waals surface area (Å²) in [7, 11) is 5.42. The van der Waals surface area contributed by atoms with Crippen molar-refractivity contribution in [2.45, 2.75) is 47.6 Å². The molecule has 0 aliphatic heterocycles. The van der Waals surface area contributed by atoms with Crippen LogP contribution in [0.15, 0.2) is 0 Å². The Kier molecular flexibility index (Phi) is 8.77. The van der Waals surface area contributed by atoms with Gasteiger partial charge in [0, 0.05) is 19.5 Å². The van der Waals surface area contributed by atoms with Crippen molar-refractivity contribution in [2.75, 3.05) is 41.1 Å². The summed E-state index contributed by atoms with van der Waals surface area (Å²) < 4.78 is 5.32. The second kappa shape index (κ2) is 9.23. The van der Waals surface area contributed by atoms with Gasteiger partial charge in [0.1, 0.15) is 6.61 Å². The molecule has 23 heavy (non-hydrogen) atoms. The Morgan fingerprint density at radius 1 is 0.957 bits per heavy atom. The number of nitrogens with zero attached hydrogens (tertiary/aromatic N) is 3.